The van der Waals surface area contributed by atoms with Crippen molar-refractivity contribution < 1.29 is 4.39 Å². The van der Waals surface area contributed by atoms with Crippen LogP contribution in [-0.2, 0) is 0 Å². The van der Waals surface area contributed by atoms with Crippen molar-refractivity contribution in [2.75, 3.05) is 44.2 Å². The van der Waals surface area contributed by atoms with Crippen LogP contribution in [-0.4, -0.2) is 54.8 Å². The van der Waals surface area contributed by atoms with Gasteiger partial charge in [0.1, 0.15) is 5.67 Å². The first kappa shape index (κ1) is 9.74. The van der Waals surface area contributed by atoms with Crippen molar-refractivity contribution in [1.29, 1.82) is 0 Å². The predicted octanol–water partition coefficient (Wildman–Crippen LogP) is 0.737. The normalized spacial score (nSPS) is 36.7. The smallest absolute Gasteiger partial charge is 0.133 e. The van der Waals surface area contributed by atoms with Crippen LogP contribution in [0.25, 0.3) is 0 Å². The van der Waals surface area contributed by atoms with E-state index in [2.05, 4.69) is 10.2 Å². The molecule has 2 heterocycles. The fourth-order valence-corrected chi connectivity index (χ4v) is 3.23. The number of hydrogen-bond donors (Lipinski definition) is 1. The largest absolute Gasteiger partial charge is 0.314 e. The monoisotopic (exact) mass is 204 g/mol. The van der Waals surface area contributed by atoms with E-state index in [0.717, 1.165) is 38.4 Å². The Bertz CT molecular complexity index is 165. The number of halogens is 1. The van der Waals surface area contributed by atoms with E-state index in [9.17, 15) is 4.39 Å². The van der Waals surface area contributed by atoms with Gasteiger partial charge in [-0.15, -0.1) is 0 Å². The molecule has 13 heavy (non-hydrogen) atoms. The fraction of sp³-hybridized carbons (Fsp3) is 1.00. The fourth-order valence-electron chi connectivity index (χ4n) is 1.98. The van der Waals surface area contributed by atoms with Gasteiger partial charge in [0.05, 0.1) is 0 Å². The van der Waals surface area contributed by atoms with Gasteiger partial charge in [-0.05, 0) is 12.2 Å². The summed E-state index contributed by atoms with van der Waals surface area (Å²) in [7, 11) is 0. The van der Waals surface area contributed by atoms with Crippen LogP contribution < -0.4 is 5.32 Å². The lowest BCUT2D eigenvalue weighted by Gasteiger charge is -2.32. The highest BCUT2D eigenvalue weighted by Crippen LogP contribution is 2.32. The summed E-state index contributed by atoms with van der Waals surface area (Å²) < 4.78 is 14.0. The second kappa shape index (κ2) is 4.15. The van der Waals surface area contributed by atoms with Gasteiger partial charge in [0, 0.05) is 38.5 Å². The zero-order valence-corrected chi connectivity index (χ0v) is 8.71. The number of alkyl halides is 1. The number of hydrogen-bond acceptors (Lipinski definition) is 3. The van der Waals surface area contributed by atoms with E-state index >= 15 is 0 Å². The third kappa shape index (κ3) is 2.58. The molecular formula is C9H17FN2S. The molecule has 0 aromatic rings. The molecular weight excluding hydrogens is 187 g/mol. The van der Waals surface area contributed by atoms with Crippen LogP contribution in [0.2, 0.25) is 0 Å². The number of nitrogens with one attached hydrogen (secondary N) is 1. The second-order valence-corrected chi connectivity index (χ2v) is 5.08. The minimum atomic E-state index is -0.887. The van der Waals surface area contributed by atoms with Crippen LogP contribution in [0.5, 0.6) is 0 Å². The molecule has 1 N–H and O–H groups in total. The summed E-state index contributed by atoms with van der Waals surface area (Å²) in [5.41, 5.74) is -0.887. The molecule has 2 aliphatic rings. The molecule has 4 heteroatoms. The summed E-state index contributed by atoms with van der Waals surface area (Å²) >= 11 is 1.75. The second-order valence-electron chi connectivity index (χ2n) is 3.98. The van der Waals surface area contributed by atoms with E-state index in [1.807, 2.05) is 0 Å². The van der Waals surface area contributed by atoms with E-state index in [-0.39, 0.29) is 0 Å². The lowest BCUT2D eigenvalue weighted by Crippen LogP contribution is -2.49. The van der Waals surface area contributed by atoms with Gasteiger partial charge < -0.3 is 5.32 Å². The van der Waals surface area contributed by atoms with Crippen LogP contribution in [0.3, 0.4) is 0 Å². The molecule has 2 fully saturated rings. The number of rotatable bonds is 2. The highest BCUT2D eigenvalue weighted by molar-refractivity contribution is 7.99. The molecule has 1 atom stereocenters. The van der Waals surface area contributed by atoms with E-state index in [1.165, 1.54) is 0 Å². The van der Waals surface area contributed by atoms with Crippen LogP contribution >= 0.6 is 11.8 Å². The lowest BCUT2D eigenvalue weighted by atomic mass is 10.1. The zero-order chi connectivity index (χ0) is 9.15. The SMILES string of the molecule is FC1(CN2CCNCC2)CCSC1. The van der Waals surface area contributed by atoms with Gasteiger partial charge in [-0.1, -0.05) is 0 Å². The Morgan fingerprint density at radius 3 is 2.77 bits per heavy atom. The van der Waals surface area contributed by atoms with Gasteiger partial charge in [0.25, 0.3) is 0 Å². The minimum absolute atomic E-state index is 0.654. The number of nitrogens with zero attached hydrogens (tertiary/aromatic N) is 1. The highest BCUT2D eigenvalue weighted by atomic mass is 32.2. The topological polar surface area (TPSA) is 15.3 Å². The van der Waals surface area contributed by atoms with Crippen molar-refractivity contribution >= 4 is 11.8 Å². The molecule has 0 aromatic carbocycles. The van der Waals surface area contributed by atoms with Crippen molar-refractivity contribution in [2.45, 2.75) is 12.1 Å². The van der Waals surface area contributed by atoms with Gasteiger partial charge in [0.2, 0.25) is 0 Å². The Morgan fingerprint density at radius 2 is 2.15 bits per heavy atom. The van der Waals surface area contributed by atoms with Gasteiger partial charge in [0.15, 0.2) is 0 Å². The Balaban J connectivity index is 1.81. The number of piperazine rings is 1. The lowest BCUT2D eigenvalue weighted by molar-refractivity contribution is 0.106. The first-order valence-corrected chi connectivity index (χ1v) is 6.14. The summed E-state index contributed by atoms with van der Waals surface area (Å²) in [5.74, 6) is 1.71. The molecule has 0 saturated carbocycles. The van der Waals surface area contributed by atoms with Crippen molar-refractivity contribution in [3.8, 4) is 0 Å². The number of thioether (sulfide) groups is 1. The average Bonchev–Trinajstić information content (AvgIpc) is 2.54. The first-order valence-electron chi connectivity index (χ1n) is 4.98. The van der Waals surface area contributed by atoms with Gasteiger partial charge >= 0.3 is 0 Å². The Hall–Kier alpha value is 0.200. The molecule has 0 radical (unpaired) electrons. The van der Waals surface area contributed by atoms with Crippen molar-refractivity contribution in [3.63, 3.8) is 0 Å². The Kier molecular flexibility index (Phi) is 3.11. The van der Waals surface area contributed by atoms with E-state index in [1.54, 1.807) is 11.8 Å². The molecule has 0 spiro atoms. The maximum atomic E-state index is 14.0. The predicted molar refractivity (Wildman–Crippen MR) is 55.1 cm³/mol. The Labute approximate surface area is 83.2 Å². The summed E-state index contributed by atoms with van der Waals surface area (Å²) in [6, 6.07) is 0. The molecule has 76 valence electrons. The third-order valence-corrected chi connectivity index (χ3v) is 3.99. The van der Waals surface area contributed by atoms with E-state index in [4.69, 9.17) is 0 Å². The molecule has 0 amide bonds. The molecule has 0 bridgehead atoms. The maximum absolute atomic E-state index is 14.0. The minimum Gasteiger partial charge on any atom is -0.314 e. The summed E-state index contributed by atoms with van der Waals surface area (Å²) in [4.78, 5) is 2.25. The van der Waals surface area contributed by atoms with Gasteiger partial charge in [-0.3, -0.25) is 4.90 Å². The molecule has 2 aliphatic heterocycles. The molecule has 1 unspecified atom stereocenters. The third-order valence-electron chi connectivity index (χ3n) is 2.77. The maximum Gasteiger partial charge on any atom is 0.133 e. The van der Waals surface area contributed by atoms with Gasteiger partial charge in [-0.25, -0.2) is 4.39 Å². The summed E-state index contributed by atoms with van der Waals surface area (Å²) in [5, 5.41) is 3.28. The van der Waals surface area contributed by atoms with Crippen molar-refractivity contribution in [1.82, 2.24) is 10.2 Å². The van der Waals surface area contributed by atoms with Crippen molar-refractivity contribution in [2.24, 2.45) is 0 Å². The Morgan fingerprint density at radius 1 is 1.38 bits per heavy atom. The standard InChI is InChI=1S/C9H17FN2S/c10-9(1-6-13-8-9)7-12-4-2-11-3-5-12/h11H,1-8H2. The zero-order valence-electron chi connectivity index (χ0n) is 7.89. The molecule has 2 rings (SSSR count). The molecule has 2 nitrogen and oxygen atoms in total. The van der Waals surface area contributed by atoms with E-state index < -0.39 is 5.67 Å². The first-order chi connectivity index (χ1) is 6.29. The van der Waals surface area contributed by atoms with Crippen LogP contribution in [0.4, 0.5) is 4.39 Å². The molecule has 0 aromatic heterocycles. The van der Waals surface area contributed by atoms with Crippen LogP contribution in [0, 0.1) is 0 Å². The molecule has 0 aliphatic carbocycles. The summed E-state index contributed by atoms with van der Waals surface area (Å²) in [6.45, 7) is 4.71. The van der Waals surface area contributed by atoms with E-state index in [0.29, 0.717) is 12.3 Å². The highest BCUT2D eigenvalue weighted by Gasteiger charge is 2.36. The van der Waals surface area contributed by atoms with Crippen LogP contribution in [0.1, 0.15) is 6.42 Å². The van der Waals surface area contributed by atoms with Crippen LogP contribution in [0.15, 0.2) is 0 Å². The van der Waals surface area contributed by atoms with Gasteiger partial charge in [-0.2, -0.15) is 11.8 Å². The summed E-state index contributed by atoms with van der Waals surface area (Å²) in [6.07, 6.45) is 0.752. The molecule has 2 saturated heterocycles. The van der Waals surface area contributed by atoms with Crippen molar-refractivity contribution in [3.05, 3.63) is 0 Å². The quantitative estimate of drug-likeness (QED) is 0.714. The average molecular weight is 204 g/mol.